The van der Waals surface area contributed by atoms with Crippen molar-refractivity contribution in [2.24, 2.45) is 0 Å². The van der Waals surface area contributed by atoms with Crippen molar-refractivity contribution in [1.82, 2.24) is 4.48 Å². The van der Waals surface area contributed by atoms with Crippen LogP contribution in [0.4, 0.5) is 17.1 Å². The average molecular weight is 663 g/mol. The number of benzene rings is 8. The van der Waals surface area contributed by atoms with E-state index in [0.717, 1.165) is 0 Å². The highest BCUT2D eigenvalue weighted by atomic mass is 28.3. The van der Waals surface area contributed by atoms with Gasteiger partial charge in [-0.15, -0.1) is 0 Å². The lowest BCUT2D eigenvalue weighted by molar-refractivity contribution is 1.25. The van der Waals surface area contributed by atoms with E-state index in [2.05, 4.69) is 186 Å². The van der Waals surface area contributed by atoms with E-state index in [4.69, 9.17) is 0 Å². The molecule has 0 saturated carbocycles. The molecule has 4 heteroatoms. The van der Waals surface area contributed by atoms with Crippen molar-refractivity contribution < 1.29 is 0 Å². The SMILES string of the molecule is Cc1cc2c3c(c1)N1c4ccccc4[Si](c4ccccc4)(c4ccccc4)c4cccc(c41)B3n1c3cc4ccccc4cc3c3cccc-2c31. The summed E-state index contributed by atoms with van der Waals surface area (Å²) < 4.78 is 2.70. The normalized spacial score (nSPS) is 14.5. The van der Waals surface area contributed by atoms with E-state index >= 15 is 0 Å². The minimum Gasteiger partial charge on any atom is -0.375 e. The molecule has 0 amide bonds. The molecule has 8 aromatic carbocycles. The first-order valence-corrected chi connectivity index (χ1v) is 20.0. The number of anilines is 3. The second-order valence-electron chi connectivity index (χ2n) is 14.5. The first-order valence-electron chi connectivity index (χ1n) is 18.0. The zero-order chi connectivity index (χ0) is 33.4. The molecule has 236 valence electrons. The van der Waals surface area contributed by atoms with E-state index in [9.17, 15) is 0 Å². The van der Waals surface area contributed by atoms with E-state index in [-0.39, 0.29) is 6.85 Å². The van der Waals surface area contributed by atoms with Crippen molar-refractivity contribution >= 4 is 96.2 Å². The van der Waals surface area contributed by atoms with Gasteiger partial charge in [-0.05, 0) is 84.8 Å². The molecule has 3 aliphatic rings. The summed E-state index contributed by atoms with van der Waals surface area (Å²) in [6, 6.07) is 64.8. The average Bonchev–Trinajstić information content (AvgIpc) is 3.50. The molecule has 0 atom stereocenters. The van der Waals surface area contributed by atoms with Gasteiger partial charge in [0.05, 0.1) is 0 Å². The summed E-state index contributed by atoms with van der Waals surface area (Å²) in [5.41, 5.74) is 13.4. The number of rotatable bonds is 2. The van der Waals surface area contributed by atoms with Gasteiger partial charge in [-0.2, -0.15) is 0 Å². The van der Waals surface area contributed by atoms with Crippen LogP contribution in [0.5, 0.6) is 0 Å². The Bertz CT molecular complexity index is 2910. The number of fused-ring (bicyclic) bond motifs is 10. The topological polar surface area (TPSA) is 8.17 Å². The molecule has 9 aromatic rings. The number of hydrogen-bond acceptors (Lipinski definition) is 1. The van der Waals surface area contributed by atoms with Crippen molar-refractivity contribution in [3.05, 3.63) is 175 Å². The van der Waals surface area contributed by atoms with Crippen LogP contribution in [0.3, 0.4) is 0 Å². The molecule has 4 heterocycles. The molecular formula is C47H31BN2Si. The summed E-state index contributed by atoms with van der Waals surface area (Å²) in [5, 5.41) is 11.0. The highest BCUT2D eigenvalue weighted by Gasteiger charge is 2.53. The molecule has 12 rings (SSSR count). The largest absolute Gasteiger partial charge is 0.375 e. The smallest absolute Gasteiger partial charge is 0.333 e. The minimum atomic E-state index is -2.76. The van der Waals surface area contributed by atoms with Crippen molar-refractivity contribution in [2.45, 2.75) is 6.92 Å². The van der Waals surface area contributed by atoms with Crippen molar-refractivity contribution in [1.29, 1.82) is 0 Å². The minimum absolute atomic E-state index is 0.0290. The molecule has 0 aliphatic carbocycles. The fourth-order valence-corrected chi connectivity index (χ4v) is 15.3. The Morgan fingerprint density at radius 3 is 1.96 bits per heavy atom. The maximum Gasteiger partial charge on any atom is 0.333 e. The van der Waals surface area contributed by atoms with E-state index in [1.165, 1.54) is 98.0 Å². The Labute approximate surface area is 298 Å². The highest BCUT2D eigenvalue weighted by Crippen LogP contribution is 2.47. The number of nitrogens with zero attached hydrogens (tertiary/aromatic N) is 2. The quantitative estimate of drug-likeness (QED) is 0.176. The second-order valence-corrected chi connectivity index (χ2v) is 18.2. The van der Waals surface area contributed by atoms with Crippen molar-refractivity contribution in [3.63, 3.8) is 0 Å². The highest BCUT2D eigenvalue weighted by molar-refractivity contribution is 7.21. The van der Waals surface area contributed by atoms with Crippen LogP contribution < -0.4 is 36.6 Å². The molecule has 3 aliphatic heterocycles. The number of aromatic nitrogens is 1. The standard InChI is InChI=1S/C47H31BN2Si/c1-30-26-38-36-21-12-20-35-37-28-31-14-8-9-15-32(31)29-41(37)50(46(35)36)48-39-22-13-25-44-47(39)49(42(27-30)45(38)48)40-23-10-11-24-43(40)51(44,33-16-4-2-5-17-33)34-18-6-3-7-19-34/h2-29H,1H3. The fraction of sp³-hybridized carbons (Fsp3) is 0.0213. The molecule has 0 radical (unpaired) electrons. The maximum absolute atomic E-state index is 2.76. The van der Waals surface area contributed by atoms with Crippen LogP contribution in [0.2, 0.25) is 0 Å². The molecule has 1 aromatic heterocycles. The van der Waals surface area contributed by atoms with Gasteiger partial charge in [-0.1, -0.05) is 146 Å². The van der Waals surface area contributed by atoms with Crippen molar-refractivity contribution in [3.8, 4) is 11.1 Å². The Hall–Kier alpha value is -6.10. The Morgan fingerprint density at radius 2 is 1.18 bits per heavy atom. The summed E-state index contributed by atoms with van der Waals surface area (Å²) in [5.74, 6) is 0. The molecular weight excluding hydrogens is 631 g/mol. The van der Waals surface area contributed by atoms with E-state index in [0.29, 0.717) is 0 Å². The van der Waals surface area contributed by atoms with Gasteiger partial charge >= 0.3 is 6.85 Å². The molecule has 0 N–H and O–H groups in total. The zero-order valence-corrected chi connectivity index (χ0v) is 29.1. The van der Waals surface area contributed by atoms with Crippen LogP contribution in [-0.2, 0) is 0 Å². The van der Waals surface area contributed by atoms with Gasteiger partial charge in [0.25, 0.3) is 0 Å². The molecule has 0 spiro atoms. The lowest BCUT2D eigenvalue weighted by Gasteiger charge is -2.49. The predicted molar refractivity (Wildman–Crippen MR) is 219 cm³/mol. The van der Waals surface area contributed by atoms with Gasteiger partial charge in [0, 0.05) is 44.4 Å². The van der Waals surface area contributed by atoms with Crippen molar-refractivity contribution in [2.75, 3.05) is 4.90 Å². The third-order valence-corrected chi connectivity index (χ3v) is 16.8. The molecule has 0 bridgehead atoms. The zero-order valence-electron chi connectivity index (χ0n) is 28.1. The third kappa shape index (κ3) is 3.34. The Morgan fingerprint density at radius 1 is 0.510 bits per heavy atom. The van der Waals surface area contributed by atoms with Crippen LogP contribution in [0.1, 0.15) is 5.56 Å². The van der Waals surface area contributed by atoms with Crippen LogP contribution in [0.25, 0.3) is 43.7 Å². The third-order valence-electron chi connectivity index (χ3n) is 12.0. The Kier molecular flexibility index (Phi) is 5.31. The monoisotopic (exact) mass is 662 g/mol. The second kappa shape index (κ2) is 9.78. The van der Waals surface area contributed by atoms with Gasteiger partial charge < -0.3 is 9.38 Å². The van der Waals surface area contributed by atoms with E-state index < -0.39 is 8.07 Å². The lowest BCUT2D eigenvalue weighted by atomic mass is 9.45. The van der Waals surface area contributed by atoms with E-state index in [1.54, 1.807) is 0 Å². The maximum atomic E-state index is 2.70. The number of hydrogen-bond donors (Lipinski definition) is 0. The number of aryl methyl sites for hydroxylation is 1. The summed E-state index contributed by atoms with van der Waals surface area (Å²) >= 11 is 0. The summed E-state index contributed by atoms with van der Waals surface area (Å²) in [6.45, 7) is 2.30. The lowest BCUT2D eigenvalue weighted by Crippen LogP contribution is -2.78. The summed E-state index contributed by atoms with van der Waals surface area (Å²) in [6.07, 6.45) is 0. The van der Waals surface area contributed by atoms with Crippen LogP contribution in [0, 0.1) is 6.92 Å². The molecule has 0 saturated heterocycles. The predicted octanol–water partition coefficient (Wildman–Crippen LogP) is 7.36. The van der Waals surface area contributed by atoms with Crippen LogP contribution in [0.15, 0.2) is 170 Å². The first kappa shape index (κ1) is 27.7. The summed E-state index contributed by atoms with van der Waals surface area (Å²) in [4.78, 5) is 2.64. The van der Waals surface area contributed by atoms with Gasteiger partial charge in [0.1, 0.15) is 0 Å². The molecule has 0 unspecified atom stereocenters. The molecule has 51 heavy (non-hydrogen) atoms. The van der Waals surface area contributed by atoms with Gasteiger partial charge in [-0.25, -0.2) is 0 Å². The first-order chi connectivity index (χ1) is 25.2. The molecule has 2 nitrogen and oxygen atoms in total. The molecule has 0 fully saturated rings. The summed E-state index contributed by atoms with van der Waals surface area (Å²) in [7, 11) is -2.76. The fourth-order valence-electron chi connectivity index (χ4n) is 10.2. The van der Waals surface area contributed by atoms with Crippen LogP contribution >= 0.6 is 0 Å². The number of para-hydroxylation sites is 3. The van der Waals surface area contributed by atoms with Gasteiger partial charge in [-0.3, -0.25) is 0 Å². The van der Waals surface area contributed by atoms with Crippen LogP contribution in [-0.4, -0.2) is 19.4 Å². The Balaban J connectivity index is 1.29. The van der Waals surface area contributed by atoms with E-state index in [1.807, 2.05) is 0 Å². The van der Waals surface area contributed by atoms with Gasteiger partial charge in [0.2, 0.25) is 0 Å². The van der Waals surface area contributed by atoms with Gasteiger partial charge in [0.15, 0.2) is 8.07 Å².